The standard InChI is InChI=1S/C28H28N4O2S/c1-3-15-35(33,34)31-22-10-7-20(8-11-22)28-25(18-29)24-12-9-21(26-16-19(2)13-14-30-26)17-27(24)32(28)23-5-4-6-23/h7-14,16-17,23,31H,3-6,15H2,1-2H3. The molecule has 7 heteroatoms. The van der Waals surface area contributed by atoms with E-state index >= 15 is 0 Å². The third kappa shape index (κ3) is 4.42. The van der Waals surface area contributed by atoms with Gasteiger partial charge in [-0.15, -0.1) is 0 Å². The molecule has 2 heterocycles. The fourth-order valence-corrected chi connectivity index (χ4v) is 5.92. The summed E-state index contributed by atoms with van der Waals surface area (Å²) in [6, 6.07) is 20.4. The number of benzene rings is 2. The number of nitrogens with one attached hydrogen (secondary N) is 1. The van der Waals surface area contributed by atoms with Crippen molar-refractivity contribution in [3.05, 3.63) is 71.9 Å². The first-order valence-corrected chi connectivity index (χ1v) is 13.7. The number of aromatic nitrogens is 2. The summed E-state index contributed by atoms with van der Waals surface area (Å²) < 4.78 is 29.3. The van der Waals surface area contributed by atoms with Gasteiger partial charge in [-0.1, -0.05) is 31.2 Å². The van der Waals surface area contributed by atoms with Gasteiger partial charge in [0.1, 0.15) is 6.07 Å². The van der Waals surface area contributed by atoms with E-state index in [0.717, 1.165) is 51.8 Å². The van der Waals surface area contributed by atoms with E-state index in [4.69, 9.17) is 0 Å². The van der Waals surface area contributed by atoms with E-state index in [2.05, 4.69) is 39.4 Å². The van der Waals surface area contributed by atoms with Crippen molar-refractivity contribution in [2.24, 2.45) is 0 Å². The number of rotatable bonds is 7. The number of hydrogen-bond donors (Lipinski definition) is 1. The Hall–Kier alpha value is -3.63. The molecule has 0 saturated heterocycles. The average molecular weight is 485 g/mol. The van der Waals surface area contributed by atoms with Crippen LogP contribution in [0.2, 0.25) is 0 Å². The number of pyridine rings is 1. The predicted molar refractivity (Wildman–Crippen MR) is 141 cm³/mol. The van der Waals surface area contributed by atoms with Crippen molar-refractivity contribution in [3.63, 3.8) is 0 Å². The Kier molecular flexibility index (Phi) is 6.08. The van der Waals surface area contributed by atoms with Crippen LogP contribution >= 0.6 is 0 Å². The Morgan fingerprint density at radius 1 is 1.09 bits per heavy atom. The molecule has 0 unspecified atom stereocenters. The first kappa shape index (κ1) is 23.1. The van der Waals surface area contributed by atoms with Gasteiger partial charge < -0.3 is 4.57 Å². The van der Waals surface area contributed by atoms with Crippen LogP contribution in [0.25, 0.3) is 33.4 Å². The monoisotopic (exact) mass is 484 g/mol. The molecule has 1 fully saturated rings. The predicted octanol–water partition coefficient (Wildman–Crippen LogP) is 6.43. The zero-order valence-electron chi connectivity index (χ0n) is 20.0. The number of aryl methyl sites for hydroxylation is 1. The fraction of sp³-hybridized carbons (Fsp3) is 0.286. The molecule has 178 valence electrons. The molecule has 1 aliphatic carbocycles. The van der Waals surface area contributed by atoms with Gasteiger partial charge in [-0.2, -0.15) is 5.26 Å². The Bertz CT molecular complexity index is 1540. The summed E-state index contributed by atoms with van der Waals surface area (Å²) in [5.74, 6) is 0.0847. The molecule has 0 atom stereocenters. The molecule has 2 aromatic heterocycles. The Labute approximate surface area is 206 Å². The number of hydrogen-bond acceptors (Lipinski definition) is 4. The molecular formula is C28H28N4O2S. The Morgan fingerprint density at radius 2 is 1.83 bits per heavy atom. The third-order valence-electron chi connectivity index (χ3n) is 6.67. The zero-order chi connectivity index (χ0) is 24.6. The van der Waals surface area contributed by atoms with Crippen molar-refractivity contribution < 1.29 is 8.42 Å². The van der Waals surface area contributed by atoms with Gasteiger partial charge >= 0.3 is 0 Å². The zero-order valence-corrected chi connectivity index (χ0v) is 20.8. The van der Waals surface area contributed by atoms with E-state index in [0.29, 0.717) is 23.7 Å². The normalized spacial score (nSPS) is 14.0. The summed E-state index contributed by atoms with van der Waals surface area (Å²) in [7, 11) is -3.36. The first-order valence-electron chi connectivity index (χ1n) is 12.0. The molecule has 0 amide bonds. The van der Waals surface area contributed by atoms with Gasteiger partial charge in [0.05, 0.1) is 28.2 Å². The minimum atomic E-state index is -3.36. The molecule has 0 spiro atoms. The van der Waals surface area contributed by atoms with Crippen molar-refractivity contribution >= 4 is 26.6 Å². The highest BCUT2D eigenvalue weighted by Crippen LogP contribution is 2.43. The first-order chi connectivity index (χ1) is 16.9. The molecule has 0 aliphatic heterocycles. The van der Waals surface area contributed by atoms with Crippen LogP contribution in [0.15, 0.2) is 60.8 Å². The maximum Gasteiger partial charge on any atom is 0.232 e. The summed E-state index contributed by atoms with van der Waals surface area (Å²) in [4.78, 5) is 4.55. The van der Waals surface area contributed by atoms with E-state index < -0.39 is 10.0 Å². The smallest absolute Gasteiger partial charge is 0.232 e. The lowest BCUT2D eigenvalue weighted by molar-refractivity contribution is 0.324. The molecule has 1 N–H and O–H groups in total. The van der Waals surface area contributed by atoms with Crippen LogP contribution in [0.3, 0.4) is 0 Å². The SMILES string of the molecule is CCCS(=O)(=O)Nc1ccc(-c2c(C#N)c3ccc(-c4cc(C)ccn4)cc3n2C2CCC2)cc1. The van der Waals surface area contributed by atoms with Crippen LogP contribution in [-0.2, 0) is 10.0 Å². The van der Waals surface area contributed by atoms with Crippen LogP contribution in [-0.4, -0.2) is 23.7 Å². The van der Waals surface area contributed by atoms with Crippen LogP contribution in [0.4, 0.5) is 5.69 Å². The van der Waals surface area contributed by atoms with E-state index in [1.165, 1.54) is 6.42 Å². The van der Waals surface area contributed by atoms with Crippen LogP contribution in [0.5, 0.6) is 0 Å². The topological polar surface area (TPSA) is 87.8 Å². The lowest BCUT2D eigenvalue weighted by Crippen LogP contribution is -2.18. The number of nitriles is 1. The van der Waals surface area contributed by atoms with Gasteiger partial charge in [0.25, 0.3) is 0 Å². The van der Waals surface area contributed by atoms with Crippen LogP contribution < -0.4 is 4.72 Å². The molecule has 0 bridgehead atoms. The van der Waals surface area contributed by atoms with Crippen molar-refractivity contribution in [2.45, 2.75) is 45.6 Å². The highest BCUT2D eigenvalue weighted by Gasteiger charge is 2.28. The molecule has 4 aromatic rings. The highest BCUT2D eigenvalue weighted by atomic mass is 32.2. The Balaban J connectivity index is 1.64. The van der Waals surface area contributed by atoms with Gasteiger partial charge in [-0.3, -0.25) is 9.71 Å². The molecular weight excluding hydrogens is 456 g/mol. The average Bonchev–Trinajstić information content (AvgIpc) is 3.11. The van der Waals surface area contributed by atoms with Gasteiger partial charge in [-0.05, 0) is 74.1 Å². The lowest BCUT2D eigenvalue weighted by atomic mass is 9.92. The van der Waals surface area contributed by atoms with E-state index in [-0.39, 0.29) is 5.75 Å². The highest BCUT2D eigenvalue weighted by molar-refractivity contribution is 7.92. The van der Waals surface area contributed by atoms with Gasteiger partial charge in [-0.25, -0.2) is 8.42 Å². The molecule has 2 aromatic carbocycles. The molecule has 5 rings (SSSR count). The minimum absolute atomic E-state index is 0.0847. The van der Waals surface area contributed by atoms with Gasteiger partial charge in [0.15, 0.2) is 0 Å². The second kappa shape index (κ2) is 9.20. The van der Waals surface area contributed by atoms with Crippen LogP contribution in [0, 0.1) is 18.3 Å². The fourth-order valence-electron chi connectivity index (χ4n) is 4.78. The van der Waals surface area contributed by atoms with Gasteiger partial charge in [0.2, 0.25) is 10.0 Å². The quantitative estimate of drug-likeness (QED) is 0.327. The second-order valence-corrected chi connectivity index (χ2v) is 11.1. The molecule has 35 heavy (non-hydrogen) atoms. The number of sulfonamides is 1. The van der Waals surface area contributed by atoms with Crippen molar-refractivity contribution in [1.82, 2.24) is 9.55 Å². The summed E-state index contributed by atoms with van der Waals surface area (Å²) in [5.41, 5.74) is 7.10. The Morgan fingerprint density at radius 3 is 2.46 bits per heavy atom. The number of nitrogens with zero attached hydrogens (tertiary/aromatic N) is 3. The lowest BCUT2D eigenvalue weighted by Gasteiger charge is -2.30. The van der Waals surface area contributed by atoms with Crippen molar-refractivity contribution in [2.75, 3.05) is 10.5 Å². The summed E-state index contributed by atoms with van der Waals surface area (Å²) in [5, 5.41) is 11.1. The van der Waals surface area contributed by atoms with Crippen molar-refractivity contribution in [1.29, 1.82) is 5.26 Å². The molecule has 0 radical (unpaired) electrons. The van der Waals surface area contributed by atoms with E-state index in [1.807, 2.05) is 43.5 Å². The molecule has 1 saturated carbocycles. The molecule has 6 nitrogen and oxygen atoms in total. The number of fused-ring (bicyclic) bond motifs is 1. The largest absolute Gasteiger partial charge is 0.336 e. The third-order valence-corrected chi connectivity index (χ3v) is 8.16. The van der Waals surface area contributed by atoms with E-state index in [1.54, 1.807) is 12.1 Å². The second-order valence-electron chi connectivity index (χ2n) is 9.24. The maximum atomic E-state index is 12.2. The number of anilines is 1. The molecule has 1 aliphatic rings. The summed E-state index contributed by atoms with van der Waals surface area (Å²) in [6.45, 7) is 3.89. The van der Waals surface area contributed by atoms with Gasteiger partial charge in [0, 0.05) is 28.9 Å². The van der Waals surface area contributed by atoms with Crippen LogP contribution in [0.1, 0.15) is 49.8 Å². The summed E-state index contributed by atoms with van der Waals surface area (Å²) in [6.07, 6.45) is 5.69. The minimum Gasteiger partial charge on any atom is -0.336 e. The van der Waals surface area contributed by atoms with E-state index in [9.17, 15) is 13.7 Å². The summed E-state index contributed by atoms with van der Waals surface area (Å²) >= 11 is 0. The maximum absolute atomic E-state index is 12.2. The van der Waals surface area contributed by atoms with Crippen molar-refractivity contribution in [3.8, 4) is 28.6 Å².